The summed E-state index contributed by atoms with van der Waals surface area (Å²) in [4.78, 5) is 16.0. The monoisotopic (exact) mass is 353 g/mol. The highest BCUT2D eigenvalue weighted by molar-refractivity contribution is 5.96. The van der Waals surface area contributed by atoms with Crippen LogP contribution in [-0.2, 0) is 4.74 Å². The number of para-hydroxylation sites is 1. The summed E-state index contributed by atoms with van der Waals surface area (Å²) in [6.45, 7) is 2.11. The largest absolute Gasteiger partial charge is 0.462 e. The van der Waals surface area contributed by atoms with Crippen molar-refractivity contribution in [1.29, 1.82) is 5.26 Å². The first-order chi connectivity index (χ1) is 11.7. The van der Waals surface area contributed by atoms with E-state index in [4.69, 9.17) is 4.74 Å². The highest BCUT2D eigenvalue weighted by Gasteiger charge is 2.10. The maximum Gasteiger partial charge on any atom is 0.338 e. The minimum atomic E-state index is -0.351. The molecule has 0 fully saturated rings. The van der Waals surface area contributed by atoms with Gasteiger partial charge in [-0.15, -0.1) is 12.4 Å². The Morgan fingerprint density at radius 3 is 2.60 bits per heavy atom. The van der Waals surface area contributed by atoms with Gasteiger partial charge in [0.25, 0.3) is 0 Å². The van der Waals surface area contributed by atoms with Crippen LogP contribution in [-0.4, -0.2) is 17.6 Å². The number of ether oxygens (including phenoxy) is 1. The lowest BCUT2D eigenvalue weighted by atomic mass is 10.1. The molecule has 0 aliphatic carbocycles. The number of anilines is 2. The summed E-state index contributed by atoms with van der Waals surface area (Å²) in [5.41, 5.74) is 3.23. The molecule has 0 atom stereocenters. The lowest BCUT2D eigenvalue weighted by Gasteiger charge is -2.11. The Morgan fingerprint density at radius 2 is 1.92 bits per heavy atom. The molecule has 0 bridgehead atoms. The van der Waals surface area contributed by atoms with Gasteiger partial charge < -0.3 is 10.1 Å². The van der Waals surface area contributed by atoms with Crippen molar-refractivity contribution >= 4 is 40.7 Å². The first kappa shape index (κ1) is 18.2. The SMILES string of the molecule is CCOC(=O)c1ccc(Nc2c(C#N)cnc3ccccc23)cc1.Cl. The quantitative estimate of drug-likeness (QED) is 0.701. The van der Waals surface area contributed by atoms with E-state index in [2.05, 4.69) is 16.4 Å². The number of nitrogens with one attached hydrogen (secondary N) is 1. The molecule has 1 aromatic heterocycles. The molecule has 0 saturated heterocycles. The number of pyridine rings is 1. The fraction of sp³-hybridized carbons (Fsp3) is 0.105. The van der Waals surface area contributed by atoms with Crippen LogP contribution in [0, 0.1) is 11.3 Å². The van der Waals surface area contributed by atoms with Crippen LogP contribution in [0.15, 0.2) is 54.7 Å². The van der Waals surface area contributed by atoms with Crippen molar-refractivity contribution in [3.63, 3.8) is 0 Å². The van der Waals surface area contributed by atoms with Gasteiger partial charge in [0, 0.05) is 17.3 Å². The number of halogens is 1. The van der Waals surface area contributed by atoms with Crippen LogP contribution < -0.4 is 5.32 Å². The van der Waals surface area contributed by atoms with Gasteiger partial charge in [-0.05, 0) is 37.3 Å². The molecule has 5 nitrogen and oxygen atoms in total. The first-order valence-electron chi connectivity index (χ1n) is 7.55. The van der Waals surface area contributed by atoms with Gasteiger partial charge >= 0.3 is 5.97 Å². The zero-order chi connectivity index (χ0) is 16.9. The Hall–Kier alpha value is -3.10. The van der Waals surface area contributed by atoms with Crippen molar-refractivity contribution < 1.29 is 9.53 Å². The van der Waals surface area contributed by atoms with Crippen molar-refractivity contribution in [2.75, 3.05) is 11.9 Å². The molecule has 0 saturated carbocycles. The number of nitriles is 1. The van der Waals surface area contributed by atoms with Gasteiger partial charge in [0.05, 0.1) is 28.9 Å². The van der Waals surface area contributed by atoms with Gasteiger partial charge in [-0.3, -0.25) is 4.98 Å². The number of carbonyl (C=O) groups excluding carboxylic acids is 1. The highest BCUT2D eigenvalue weighted by atomic mass is 35.5. The van der Waals surface area contributed by atoms with Crippen LogP contribution in [0.5, 0.6) is 0 Å². The van der Waals surface area contributed by atoms with Gasteiger partial charge in [0.1, 0.15) is 6.07 Å². The van der Waals surface area contributed by atoms with Crippen LogP contribution in [0.3, 0.4) is 0 Å². The first-order valence-corrected chi connectivity index (χ1v) is 7.55. The van der Waals surface area contributed by atoms with Crippen LogP contribution in [0.1, 0.15) is 22.8 Å². The fourth-order valence-corrected chi connectivity index (χ4v) is 2.41. The molecular formula is C19H16ClN3O2. The Balaban J connectivity index is 0.00000225. The van der Waals surface area contributed by atoms with E-state index in [1.54, 1.807) is 37.4 Å². The topological polar surface area (TPSA) is 75.0 Å². The average molecular weight is 354 g/mol. The summed E-state index contributed by atoms with van der Waals surface area (Å²) in [7, 11) is 0. The molecular weight excluding hydrogens is 338 g/mol. The van der Waals surface area contributed by atoms with Gasteiger partial charge in [-0.2, -0.15) is 5.26 Å². The number of hydrogen-bond acceptors (Lipinski definition) is 5. The second-order valence-corrected chi connectivity index (χ2v) is 5.10. The highest BCUT2D eigenvalue weighted by Crippen LogP contribution is 2.28. The number of esters is 1. The average Bonchev–Trinajstić information content (AvgIpc) is 2.63. The third-order valence-electron chi connectivity index (χ3n) is 3.56. The van der Waals surface area contributed by atoms with Crippen LogP contribution in [0.4, 0.5) is 11.4 Å². The summed E-state index contributed by atoms with van der Waals surface area (Å²) >= 11 is 0. The lowest BCUT2D eigenvalue weighted by Crippen LogP contribution is -2.04. The van der Waals surface area contributed by atoms with Crippen molar-refractivity contribution in [2.45, 2.75) is 6.92 Å². The summed E-state index contributed by atoms with van der Waals surface area (Å²) in [6, 6.07) is 16.7. The summed E-state index contributed by atoms with van der Waals surface area (Å²) in [5, 5.41) is 13.5. The number of rotatable bonds is 4. The summed E-state index contributed by atoms with van der Waals surface area (Å²) < 4.78 is 4.97. The molecule has 2 aromatic carbocycles. The van der Waals surface area contributed by atoms with Crippen LogP contribution in [0.25, 0.3) is 10.9 Å². The second kappa shape index (κ2) is 8.13. The van der Waals surface area contributed by atoms with Crippen LogP contribution >= 0.6 is 12.4 Å². The smallest absolute Gasteiger partial charge is 0.338 e. The molecule has 25 heavy (non-hydrogen) atoms. The maximum atomic E-state index is 11.7. The molecule has 0 spiro atoms. The zero-order valence-electron chi connectivity index (χ0n) is 13.5. The summed E-state index contributed by atoms with van der Waals surface area (Å²) in [5.74, 6) is -0.351. The third-order valence-corrected chi connectivity index (χ3v) is 3.56. The molecule has 3 aromatic rings. The van der Waals surface area contributed by atoms with E-state index in [0.29, 0.717) is 23.4 Å². The van der Waals surface area contributed by atoms with Crippen molar-refractivity contribution in [1.82, 2.24) is 4.98 Å². The zero-order valence-corrected chi connectivity index (χ0v) is 14.3. The van der Waals surface area contributed by atoms with E-state index in [-0.39, 0.29) is 18.4 Å². The van der Waals surface area contributed by atoms with Crippen LogP contribution in [0.2, 0.25) is 0 Å². The van der Waals surface area contributed by atoms with E-state index in [1.807, 2.05) is 24.3 Å². The molecule has 1 heterocycles. The summed E-state index contributed by atoms with van der Waals surface area (Å²) in [6.07, 6.45) is 1.55. The molecule has 0 unspecified atom stereocenters. The Labute approximate surface area is 151 Å². The Bertz CT molecular complexity index is 934. The van der Waals surface area contributed by atoms with E-state index in [1.165, 1.54) is 0 Å². The molecule has 3 rings (SSSR count). The van der Waals surface area contributed by atoms with Gasteiger partial charge in [0.2, 0.25) is 0 Å². The number of aromatic nitrogens is 1. The maximum absolute atomic E-state index is 11.7. The number of benzene rings is 2. The molecule has 0 aliphatic rings. The Kier molecular flexibility index (Phi) is 5.93. The molecule has 1 N–H and O–H groups in total. The molecule has 0 radical (unpaired) electrons. The standard InChI is InChI=1S/C19H15N3O2.ClH/c1-2-24-19(23)13-7-9-15(10-8-13)22-18-14(11-20)12-21-17-6-4-3-5-16(17)18;/h3-10,12H,2H2,1H3,(H,21,22);1H. The molecule has 126 valence electrons. The van der Waals surface area contributed by atoms with Crippen molar-refractivity contribution in [3.05, 3.63) is 65.9 Å². The van der Waals surface area contributed by atoms with E-state index in [0.717, 1.165) is 16.6 Å². The lowest BCUT2D eigenvalue weighted by molar-refractivity contribution is 0.0526. The number of carbonyl (C=O) groups is 1. The molecule has 0 aliphatic heterocycles. The number of hydrogen-bond donors (Lipinski definition) is 1. The van der Waals surface area contributed by atoms with Gasteiger partial charge in [-0.1, -0.05) is 18.2 Å². The van der Waals surface area contributed by atoms with E-state index in [9.17, 15) is 10.1 Å². The predicted octanol–water partition coefficient (Wildman–Crippen LogP) is 4.45. The normalized spacial score (nSPS) is 9.76. The second-order valence-electron chi connectivity index (χ2n) is 5.10. The minimum absolute atomic E-state index is 0. The minimum Gasteiger partial charge on any atom is -0.462 e. The van der Waals surface area contributed by atoms with Gasteiger partial charge in [0.15, 0.2) is 0 Å². The van der Waals surface area contributed by atoms with Gasteiger partial charge in [-0.25, -0.2) is 4.79 Å². The van der Waals surface area contributed by atoms with E-state index < -0.39 is 0 Å². The predicted molar refractivity (Wildman–Crippen MR) is 99.4 cm³/mol. The third kappa shape index (κ3) is 3.87. The Morgan fingerprint density at radius 1 is 1.20 bits per heavy atom. The van der Waals surface area contributed by atoms with Crippen molar-refractivity contribution in [2.24, 2.45) is 0 Å². The molecule has 6 heteroatoms. The molecule has 0 amide bonds. The van der Waals surface area contributed by atoms with E-state index >= 15 is 0 Å². The van der Waals surface area contributed by atoms with Crippen molar-refractivity contribution in [3.8, 4) is 6.07 Å². The number of nitrogens with zero attached hydrogens (tertiary/aromatic N) is 2. The number of fused-ring (bicyclic) bond motifs is 1. The fourth-order valence-electron chi connectivity index (χ4n) is 2.41.